The van der Waals surface area contributed by atoms with Crippen LogP contribution in [-0.2, 0) is 14.3 Å². The summed E-state index contributed by atoms with van der Waals surface area (Å²) in [5, 5.41) is 2.77. The number of ether oxygens (including phenoxy) is 2. The molecule has 2 amide bonds. The maximum Gasteiger partial charge on any atom is 0.340 e. The second-order valence-corrected chi connectivity index (χ2v) is 6.59. The fraction of sp³-hybridized carbons (Fsp3) is 0.318. The molecule has 7 heteroatoms. The van der Waals surface area contributed by atoms with E-state index in [1.807, 2.05) is 6.92 Å². The van der Waals surface area contributed by atoms with Crippen molar-refractivity contribution >= 4 is 29.2 Å². The first-order valence-electron chi connectivity index (χ1n) is 9.63. The molecule has 1 heterocycles. The maximum absolute atomic E-state index is 12.7. The first kappa shape index (κ1) is 20.4. The minimum atomic E-state index is -0.510. The van der Waals surface area contributed by atoms with Gasteiger partial charge in [-0.25, -0.2) is 4.79 Å². The van der Waals surface area contributed by atoms with Crippen molar-refractivity contribution < 1.29 is 23.9 Å². The Morgan fingerprint density at radius 3 is 2.48 bits per heavy atom. The molecule has 1 aliphatic rings. The van der Waals surface area contributed by atoms with E-state index in [9.17, 15) is 14.4 Å². The fourth-order valence-electron chi connectivity index (χ4n) is 3.24. The molecule has 7 nitrogen and oxygen atoms in total. The molecule has 0 saturated carbocycles. The van der Waals surface area contributed by atoms with E-state index in [4.69, 9.17) is 9.47 Å². The first-order chi connectivity index (χ1) is 14.0. The SMILES string of the molecule is CCOC(=O)c1ccccc1NC(=O)[C@H]1CC(=O)N(c2ccc(OCC)cc2)C1. The second kappa shape index (κ2) is 9.23. The van der Waals surface area contributed by atoms with Crippen LogP contribution in [0.1, 0.15) is 30.6 Å². The van der Waals surface area contributed by atoms with Gasteiger partial charge in [0.05, 0.1) is 30.4 Å². The molecule has 0 radical (unpaired) electrons. The van der Waals surface area contributed by atoms with Gasteiger partial charge in [-0.2, -0.15) is 0 Å². The van der Waals surface area contributed by atoms with Gasteiger partial charge >= 0.3 is 5.97 Å². The summed E-state index contributed by atoms with van der Waals surface area (Å²) in [5.74, 6) is -0.699. The van der Waals surface area contributed by atoms with Crippen LogP contribution in [0, 0.1) is 5.92 Å². The van der Waals surface area contributed by atoms with E-state index in [2.05, 4.69) is 5.32 Å². The summed E-state index contributed by atoms with van der Waals surface area (Å²) < 4.78 is 10.5. The molecule has 0 aromatic heterocycles. The van der Waals surface area contributed by atoms with E-state index in [1.54, 1.807) is 60.4 Å². The maximum atomic E-state index is 12.7. The summed E-state index contributed by atoms with van der Waals surface area (Å²) in [7, 11) is 0. The Labute approximate surface area is 169 Å². The molecule has 29 heavy (non-hydrogen) atoms. The summed E-state index contributed by atoms with van der Waals surface area (Å²) in [5.41, 5.74) is 1.39. The van der Waals surface area contributed by atoms with E-state index in [1.165, 1.54) is 0 Å². The Balaban J connectivity index is 1.69. The van der Waals surface area contributed by atoms with E-state index in [0.717, 1.165) is 11.4 Å². The third kappa shape index (κ3) is 4.74. The summed E-state index contributed by atoms with van der Waals surface area (Å²) in [6.45, 7) is 4.72. The molecule has 0 spiro atoms. The summed E-state index contributed by atoms with van der Waals surface area (Å²) in [6, 6.07) is 13.9. The van der Waals surface area contributed by atoms with Crippen LogP contribution < -0.4 is 15.0 Å². The number of esters is 1. The van der Waals surface area contributed by atoms with Crippen molar-refractivity contribution in [1.82, 2.24) is 0 Å². The molecule has 0 aliphatic carbocycles. The van der Waals surface area contributed by atoms with Crippen LogP contribution in [0.15, 0.2) is 48.5 Å². The Hall–Kier alpha value is -3.35. The number of nitrogens with one attached hydrogen (secondary N) is 1. The van der Waals surface area contributed by atoms with Crippen LogP contribution in [-0.4, -0.2) is 37.5 Å². The smallest absolute Gasteiger partial charge is 0.340 e. The number of anilines is 2. The number of para-hydroxylation sites is 1. The molecular weight excluding hydrogens is 372 g/mol. The number of benzene rings is 2. The lowest BCUT2D eigenvalue weighted by Crippen LogP contribution is -2.28. The van der Waals surface area contributed by atoms with Crippen molar-refractivity contribution in [3.8, 4) is 5.75 Å². The lowest BCUT2D eigenvalue weighted by Gasteiger charge is -2.17. The monoisotopic (exact) mass is 396 g/mol. The normalized spacial score (nSPS) is 15.9. The summed E-state index contributed by atoms with van der Waals surface area (Å²) >= 11 is 0. The number of rotatable bonds is 7. The Morgan fingerprint density at radius 1 is 1.07 bits per heavy atom. The van der Waals surface area contributed by atoms with Gasteiger partial charge in [0.1, 0.15) is 5.75 Å². The van der Waals surface area contributed by atoms with Gasteiger partial charge in [-0.3, -0.25) is 9.59 Å². The molecule has 1 saturated heterocycles. The molecule has 0 bridgehead atoms. The van der Waals surface area contributed by atoms with Crippen LogP contribution in [0.2, 0.25) is 0 Å². The Bertz CT molecular complexity index is 894. The van der Waals surface area contributed by atoms with Crippen molar-refractivity contribution in [3.05, 3.63) is 54.1 Å². The molecule has 2 aromatic carbocycles. The van der Waals surface area contributed by atoms with Crippen LogP contribution in [0.3, 0.4) is 0 Å². The average Bonchev–Trinajstić information content (AvgIpc) is 3.11. The zero-order chi connectivity index (χ0) is 20.8. The third-order valence-electron chi connectivity index (χ3n) is 4.64. The molecule has 0 unspecified atom stereocenters. The third-order valence-corrected chi connectivity index (χ3v) is 4.64. The highest BCUT2D eigenvalue weighted by atomic mass is 16.5. The van der Waals surface area contributed by atoms with E-state index < -0.39 is 11.9 Å². The van der Waals surface area contributed by atoms with Crippen molar-refractivity contribution in [2.24, 2.45) is 5.92 Å². The van der Waals surface area contributed by atoms with E-state index in [0.29, 0.717) is 12.3 Å². The van der Waals surface area contributed by atoms with Crippen LogP contribution in [0.4, 0.5) is 11.4 Å². The molecular formula is C22H24N2O5. The van der Waals surface area contributed by atoms with Gasteiger partial charge in [0.2, 0.25) is 11.8 Å². The fourth-order valence-corrected chi connectivity index (χ4v) is 3.24. The second-order valence-electron chi connectivity index (χ2n) is 6.59. The van der Waals surface area contributed by atoms with Crippen molar-refractivity contribution in [1.29, 1.82) is 0 Å². The van der Waals surface area contributed by atoms with E-state index >= 15 is 0 Å². The topological polar surface area (TPSA) is 84.9 Å². The highest BCUT2D eigenvalue weighted by molar-refractivity contribution is 6.06. The molecule has 1 fully saturated rings. The van der Waals surface area contributed by atoms with Crippen molar-refractivity contribution in [3.63, 3.8) is 0 Å². The number of hydrogen-bond acceptors (Lipinski definition) is 5. The largest absolute Gasteiger partial charge is 0.494 e. The predicted octanol–water partition coefficient (Wildman–Crippen LogP) is 3.25. The number of carbonyl (C=O) groups is 3. The lowest BCUT2D eigenvalue weighted by atomic mass is 10.1. The van der Waals surface area contributed by atoms with Gasteiger partial charge in [-0.1, -0.05) is 12.1 Å². The number of hydrogen-bond donors (Lipinski definition) is 1. The quantitative estimate of drug-likeness (QED) is 0.726. The molecule has 152 valence electrons. The zero-order valence-corrected chi connectivity index (χ0v) is 16.5. The minimum absolute atomic E-state index is 0.112. The molecule has 1 atom stereocenters. The number of nitrogens with zero attached hydrogens (tertiary/aromatic N) is 1. The van der Waals surface area contributed by atoms with Gasteiger partial charge in [0.25, 0.3) is 0 Å². The molecule has 1 N–H and O–H groups in total. The molecule has 3 rings (SSSR count). The standard InChI is InChI=1S/C22H24N2O5/c1-3-28-17-11-9-16(10-12-17)24-14-15(13-20(24)25)21(26)23-19-8-6-5-7-18(19)22(27)29-4-2/h5-12,15H,3-4,13-14H2,1-2H3,(H,23,26)/t15-/m0/s1. The van der Waals surface area contributed by atoms with Crippen molar-refractivity contribution in [2.75, 3.05) is 30.0 Å². The van der Waals surface area contributed by atoms with Gasteiger partial charge in [0, 0.05) is 18.7 Å². The predicted molar refractivity (Wildman–Crippen MR) is 109 cm³/mol. The number of amides is 2. The van der Waals surface area contributed by atoms with Crippen LogP contribution in [0.25, 0.3) is 0 Å². The van der Waals surface area contributed by atoms with Crippen molar-refractivity contribution in [2.45, 2.75) is 20.3 Å². The zero-order valence-electron chi connectivity index (χ0n) is 16.5. The first-order valence-corrected chi connectivity index (χ1v) is 9.63. The highest BCUT2D eigenvalue weighted by Gasteiger charge is 2.35. The molecule has 1 aliphatic heterocycles. The van der Waals surface area contributed by atoms with Crippen LogP contribution >= 0.6 is 0 Å². The molecule has 2 aromatic rings. The van der Waals surface area contributed by atoms with Gasteiger partial charge in [-0.05, 0) is 50.2 Å². The van der Waals surface area contributed by atoms with Gasteiger partial charge < -0.3 is 19.7 Å². The summed E-state index contributed by atoms with van der Waals surface area (Å²) in [4.78, 5) is 38.9. The van der Waals surface area contributed by atoms with E-state index in [-0.39, 0.29) is 37.0 Å². The average molecular weight is 396 g/mol. The minimum Gasteiger partial charge on any atom is -0.494 e. The Morgan fingerprint density at radius 2 is 1.79 bits per heavy atom. The van der Waals surface area contributed by atoms with Gasteiger partial charge in [0.15, 0.2) is 0 Å². The highest BCUT2D eigenvalue weighted by Crippen LogP contribution is 2.28. The number of carbonyl (C=O) groups excluding carboxylic acids is 3. The van der Waals surface area contributed by atoms with Gasteiger partial charge in [-0.15, -0.1) is 0 Å². The van der Waals surface area contributed by atoms with Crippen LogP contribution in [0.5, 0.6) is 5.75 Å². The Kier molecular flexibility index (Phi) is 6.49. The lowest BCUT2D eigenvalue weighted by molar-refractivity contribution is -0.122. The summed E-state index contributed by atoms with van der Waals surface area (Å²) in [6.07, 6.45) is 0.112.